The van der Waals surface area contributed by atoms with E-state index in [0.717, 1.165) is 37.2 Å². The third kappa shape index (κ3) is 2.64. The number of carbonyl (C=O) groups is 2. The second-order valence-corrected chi connectivity index (χ2v) is 5.38. The standard InChI is InChI=1S/C12H16N2O3S/c1-2-8-7-9(11(15)16)10(18-8)13-12(17)14-5-3-4-6-14/h7H,2-6H2,1H3,(H,13,17)(H,15,16). The van der Waals surface area contributed by atoms with E-state index in [1.807, 2.05) is 6.92 Å². The summed E-state index contributed by atoms with van der Waals surface area (Å²) in [5.74, 6) is -0.998. The predicted molar refractivity (Wildman–Crippen MR) is 70.5 cm³/mol. The first-order valence-corrected chi connectivity index (χ1v) is 6.85. The Hall–Kier alpha value is -1.56. The Morgan fingerprint density at radius 1 is 1.44 bits per heavy atom. The van der Waals surface area contributed by atoms with Crippen molar-refractivity contribution in [2.24, 2.45) is 0 Å². The van der Waals surface area contributed by atoms with E-state index in [1.165, 1.54) is 11.3 Å². The summed E-state index contributed by atoms with van der Waals surface area (Å²) >= 11 is 1.34. The molecule has 0 unspecified atom stereocenters. The molecule has 5 nitrogen and oxygen atoms in total. The normalized spacial score (nSPS) is 14.8. The van der Waals surface area contributed by atoms with Gasteiger partial charge in [0.05, 0.1) is 5.56 Å². The summed E-state index contributed by atoms with van der Waals surface area (Å²) in [6.45, 7) is 3.46. The van der Waals surface area contributed by atoms with E-state index in [9.17, 15) is 9.59 Å². The summed E-state index contributed by atoms with van der Waals surface area (Å²) < 4.78 is 0. The minimum absolute atomic E-state index is 0.185. The highest BCUT2D eigenvalue weighted by Crippen LogP contribution is 2.29. The summed E-state index contributed by atoms with van der Waals surface area (Å²) in [5.41, 5.74) is 0.185. The number of carboxylic acids is 1. The molecule has 0 aromatic carbocycles. The van der Waals surface area contributed by atoms with Gasteiger partial charge in [0.1, 0.15) is 5.00 Å². The smallest absolute Gasteiger partial charge is 0.338 e. The van der Waals surface area contributed by atoms with Gasteiger partial charge in [-0.3, -0.25) is 5.32 Å². The molecular formula is C12H16N2O3S. The molecule has 1 aromatic heterocycles. The van der Waals surface area contributed by atoms with Gasteiger partial charge in [-0.2, -0.15) is 0 Å². The van der Waals surface area contributed by atoms with Gasteiger partial charge in [0.25, 0.3) is 0 Å². The van der Waals surface area contributed by atoms with E-state index in [4.69, 9.17) is 5.11 Å². The molecule has 2 N–H and O–H groups in total. The Labute approximate surface area is 109 Å². The minimum Gasteiger partial charge on any atom is -0.478 e. The van der Waals surface area contributed by atoms with Crippen LogP contribution in [-0.2, 0) is 6.42 Å². The highest BCUT2D eigenvalue weighted by atomic mass is 32.1. The number of aromatic carboxylic acids is 1. The lowest BCUT2D eigenvalue weighted by atomic mass is 10.2. The van der Waals surface area contributed by atoms with Crippen LogP contribution in [0, 0.1) is 0 Å². The van der Waals surface area contributed by atoms with Gasteiger partial charge in [-0.1, -0.05) is 6.92 Å². The van der Waals surface area contributed by atoms with E-state index >= 15 is 0 Å². The van der Waals surface area contributed by atoms with E-state index in [0.29, 0.717) is 5.00 Å². The average Bonchev–Trinajstić information content (AvgIpc) is 2.97. The summed E-state index contributed by atoms with van der Waals surface area (Å²) in [5, 5.41) is 12.2. The van der Waals surface area contributed by atoms with E-state index in [-0.39, 0.29) is 11.6 Å². The molecule has 0 atom stereocenters. The van der Waals surface area contributed by atoms with Crippen LogP contribution in [0.4, 0.5) is 9.80 Å². The van der Waals surface area contributed by atoms with Crippen molar-refractivity contribution >= 4 is 28.3 Å². The van der Waals surface area contributed by atoms with Crippen LogP contribution in [0.3, 0.4) is 0 Å². The van der Waals surface area contributed by atoms with Gasteiger partial charge in [-0.05, 0) is 25.3 Å². The van der Waals surface area contributed by atoms with Crippen molar-refractivity contribution in [2.45, 2.75) is 26.2 Å². The quantitative estimate of drug-likeness (QED) is 0.885. The van der Waals surface area contributed by atoms with E-state index in [1.54, 1.807) is 11.0 Å². The zero-order chi connectivity index (χ0) is 13.1. The first kappa shape index (κ1) is 12.9. The Balaban J connectivity index is 2.14. The molecule has 18 heavy (non-hydrogen) atoms. The SMILES string of the molecule is CCc1cc(C(=O)O)c(NC(=O)N2CCCC2)s1. The number of anilines is 1. The highest BCUT2D eigenvalue weighted by Gasteiger charge is 2.21. The van der Waals surface area contributed by atoms with Crippen LogP contribution in [0.5, 0.6) is 0 Å². The van der Waals surface area contributed by atoms with Crippen molar-refractivity contribution in [1.82, 2.24) is 4.90 Å². The Morgan fingerprint density at radius 2 is 2.11 bits per heavy atom. The third-order valence-corrected chi connectivity index (χ3v) is 4.17. The van der Waals surface area contributed by atoms with Gasteiger partial charge in [-0.15, -0.1) is 11.3 Å². The number of nitrogens with zero attached hydrogens (tertiary/aromatic N) is 1. The predicted octanol–water partition coefficient (Wildman–Crippen LogP) is 2.64. The molecule has 0 aliphatic carbocycles. The number of likely N-dealkylation sites (tertiary alicyclic amines) is 1. The lowest BCUT2D eigenvalue weighted by Gasteiger charge is -2.15. The first-order chi connectivity index (χ1) is 8.61. The summed E-state index contributed by atoms with van der Waals surface area (Å²) in [6, 6.07) is 1.44. The second-order valence-electron chi connectivity index (χ2n) is 4.24. The van der Waals surface area contributed by atoms with Gasteiger partial charge in [-0.25, -0.2) is 9.59 Å². The maximum absolute atomic E-state index is 11.9. The van der Waals surface area contributed by atoms with Crippen LogP contribution in [0.1, 0.15) is 35.0 Å². The monoisotopic (exact) mass is 268 g/mol. The molecule has 1 saturated heterocycles. The number of carboxylic acid groups (broad SMARTS) is 1. The second kappa shape index (κ2) is 5.39. The first-order valence-electron chi connectivity index (χ1n) is 6.03. The van der Waals surface area contributed by atoms with Gasteiger partial charge in [0.15, 0.2) is 0 Å². The number of rotatable bonds is 3. The molecule has 1 aliphatic heterocycles. The third-order valence-electron chi connectivity index (χ3n) is 2.98. The Morgan fingerprint density at radius 3 is 2.67 bits per heavy atom. The number of carbonyl (C=O) groups excluding carboxylic acids is 1. The molecule has 2 rings (SSSR count). The molecule has 2 heterocycles. The van der Waals surface area contributed by atoms with Crippen LogP contribution in [-0.4, -0.2) is 35.1 Å². The molecule has 1 aliphatic rings. The number of urea groups is 1. The summed E-state index contributed by atoms with van der Waals surface area (Å²) in [6.07, 6.45) is 2.80. The van der Waals surface area contributed by atoms with Crippen molar-refractivity contribution in [3.8, 4) is 0 Å². The average molecular weight is 268 g/mol. The Kier molecular flexibility index (Phi) is 3.86. The number of hydrogen-bond donors (Lipinski definition) is 2. The van der Waals surface area contributed by atoms with Crippen LogP contribution in [0.25, 0.3) is 0 Å². The van der Waals surface area contributed by atoms with Crippen molar-refractivity contribution < 1.29 is 14.7 Å². The van der Waals surface area contributed by atoms with Crippen molar-refractivity contribution in [3.05, 3.63) is 16.5 Å². The number of nitrogens with one attached hydrogen (secondary N) is 1. The van der Waals surface area contributed by atoms with Crippen molar-refractivity contribution in [3.63, 3.8) is 0 Å². The van der Waals surface area contributed by atoms with E-state index < -0.39 is 5.97 Å². The lowest BCUT2D eigenvalue weighted by molar-refractivity contribution is 0.0698. The van der Waals surface area contributed by atoms with Crippen molar-refractivity contribution in [1.29, 1.82) is 0 Å². The molecule has 0 saturated carbocycles. The lowest BCUT2D eigenvalue weighted by Crippen LogP contribution is -2.32. The number of aryl methyl sites for hydroxylation is 1. The van der Waals surface area contributed by atoms with Crippen LogP contribution < -0.4 is 5.32 Å². The molecule has 98 valence electrons. The fraction of sp³-hybridized carbons (Fsp3) is 0.500. The molecule has 0 bridgehead atoms. The fourth-order valence-electron chi connectivity index (χ4n) is 1.96. The maximum Gasteiger partial charge on any atom is 0.338 e. The highest BCUT2D eigenvalue weighted by molar-refractivity contribution is 7.16. The van der Waals surface area contributed by atoms with Gasteiger partial charge in [0, 0.05) is 18.0 Å². The van der Waals surface area contributed by atoms with Crippen molar-refractivity contribution in [2.75, 3.05) is 18.4 Å². The molecule has 0 spiro atoms. The van der Waals surface area contributed by atoms with Crippen LogP contribution >= 0.6 is 11.3 Å². The molecule has 1 fully saturated rings. The number of thiophene rings is 1. The topological polar surface area (TPSA) is 69.6 Å². The maximum atomic E-state index is 11.9. The zero-order valence-corrected chi connectivity index (χ0v) is 11.0. The fourth-order valence-corrected chi connectivity index (χ4v) is 2.94. The van der Waals surface area contributed by atoms with Gasteiger partial charge >= 0.3 is 12.0 Å². The van der Waals surface area contributed by atoms with E-state index in [2.05, 4.69) is 5.32 Å². The van der Waals surface area contributed by atoms with Crippen LogP contribution in [0.15, 0.2) is 6.07 Å². The molecule has 2 amide bonds. The number of hydrogen-bond acceptors (Lipinski definition) is 3. The Bertz CT molecular complexity index is 464. The zero-order valence-electron chi connectivity index (χ0n) is 10.2. The molecule has 0 radical (unpaired) electrons. The molecular weight excluding hydrogens is 252 g/mol. The molecule has 1 aromatic rings. The molecule has 6 heteroatoms. The summed E-state index contributed by atoms with van der Waals surface area (Å²) in [4.78, 5) is 25.7. The largest absolute Gasteiger partial charge is 0.478 e. The summed E-state index contributed by atoms with van der Waals surface area (Å²) in [7, 11) is 0. The van der Waals surface area contributed by atoms with Gasteiger partial charge < -0.3 is 10.0 Å². The minimum atomic E-state index is -0.998. The van der Waals surface area contributed by atoms with Crippen LogP contribution in [0.2, 0.25) is 0 Å². The van der Waals surface area contributed by atoms with Gasteiger partial charge in [0.2, 0.25) is 0 Å². The number of amides is 2.